The second-order valence-electron chi connectivity index (χ2n) is 6.06. The highest BCUT2D eigenvalue weighted by Crippen LogP contribution is 2.23. The van der Waals surface area contributed by atoms with Gasteiger partial charge in [-0.2, -0.15) is 12.7 Å². The van der Waals surface area contributed by atoms with Crippen LogP contribution in [-0.4, -0.2) is 38.9 Å². The van der Waals surface area contributed by atoms with Crippen LogP contribution in [0.25, 0.3) is 0 Å². The summed E-state index contributed by atoms with van der Waals surface area (Å²) in [5, 5.41) is 3.40. The first-order valence-corrected chi connectivity index (χ1v) is 9.06. The molecular weight excluding hydrogens is 322 g/mol. The summed E-state index contributed by atoms with van der Waals surface area (Å²) in [6.07, 6.45) is 1.95. The van der Waals surface area contributed by atoms with Crippen LogP contribution in [0.15, 0.2) is 24.3 Å². The summed E-state index contributed by atoms with van der Waals surface area (Å²) in [6.45, 7) is 4.65. The molecule has 22 heavy (non-hydrogen) atoms. The Morgan fingerprint density at radius 1 is 1.36 bits per heavy atom. The molecule has 2 aliphatic heterocycles. The Hall–Kier alpha value is -0.660. The van der Waals surface area contributed by atoms with Crippen molar-refractivity contribution in [2.45, 2.75) is 25.8 Å². The predicted octanol–water partition coefficient (Wildman–Crippen LogP) is 1.47. The predicted molar refractivity (Wildman–Crippen MR) is 90.4 cm³/mol. The number of fused-ring (bicyclic) bond motifs is 1. The van der Waals surface area contributed by atoms with Gasteiger partial charge in [0.2, 0.25) is 0 Å². The van der Waals surface area contributed by atoms with Crippen LogP contribution in [0, 0.1) is 5.92 Å². The van der Waals surface area contributed by atoms with E-state index in [2.05, 4.69) is 29.1 Å². The fourth-order valence-electron chi connectivity index (χ4n) is 3.17. The molecule has 0 radical (unpaired) electrons. The van der Waals surface area contributed by atoms with E-state index in [0.29, 0.717) is 25.6 Å². The number of nitrogens with zero attached hydrogens (tertiary/aromatic N) is 1. The molecule has 0 saturated carbocycles. The summed E-state index contributed by atoms with van der Waals surface area (Å²) < 4.78 is 29.0. The van der Waals surface area contributed by atoms with Gasteiger partial charge in [-0.25, -0.2) is 4.72 Å². The number of hydrogen-bond donors (Lipinski definition) is 2. The average molecular weight is 346 g/mol. The molecule has 1 aromatic carbocycles. The van der Waals surface area contributed by atoms with Crippen LogP contribution >= 0.6 is 12.4 Å². The normalized spacial score (nSPS) is 25.5. The molecule has 0 spiro atoms. The molecule has 0 bridgehead atoms. The van der Waals surface area contributed by atoms with Crippen LogP contribution in [0.3, 0.4) is 0 Å². The first kappa shape index (κ1) is 17.7. The quantitative estimate of drug-likeness (QED) is 0.868. The van der Waals surface area contributed by atoms with Crippen molar-refractivity contribution in [1.82, 2.24) is 14.3 Å². The van der Waals surface area contributed by atoms with Gasteiger partial charge in [-0.05, 0) is 36.4 Å². The summed E-state index contributed by atoms with van der Waals surface area (Å²) in [5.41, 5.74) is 2.52. The molecule has 2 aliphatic rings. The van der Waals surface area contributed by atoms with Gasteiger partial charge in [-0.3, -0.25) is 0 Å². The van der Waals surface area contributed by atoms with Crippen LogP contribution in [0.2, 0.25) is 0 Å². The van der Waals surface area contributed by atoms with Gasteiger partial charge in [0, 0.05) is 25.7 Å². The second-order valence-corrected chi connectivity index (χ2v) is 7.82. The number of nitrogens with one attached hydrogen (secondary N) is 2. The number of rotatable bonds is 4. The van der Waals surface area contributed by atoms with Gasteiger partial charge in [0.05, 0.1) is 0 Å². The molecule has 2 atom stereocenters. The maximum absolute atomic E-state index is 12.3. The van der Waals surface area contributed by atoms with E-state index in [0.717, 1.165) is 19.4 Å². The summed E-state index contributed by atoms with van der Waals surface area (Å²) in [4.78, 5) is 0. The van der Waals surface area contributed by atoms with E-state index < -0.39 is 10.2 Å². The molecule has 0 aromatic heterocycles. The zero-order chi connectivity index (χ0) is 14.9. The van der Waals surface area contributed by atoms with Crippen molar-refractivity contribution in [3.63, 3.8) is 0 Å². The van der Waals surface area contributed by atoms with Crippen molar-refractivity contribution in [2.75, 3.05) is 26.2 Å². The van der Waals surface area contributed by atoms with Crippen LogP contribution in [0.1, 0.15) is 30.5 Å². The van der Waals surface area contributed by atoms with Crippen molar-refractivity contribution in [2.24, 2.45) is 5.92 Å². The molecule has 1 saturated heterocycles. The Morgan fingerprint density at radius 3 is 2.86 bits per heavy atom. The minimum absolute atomic E-state index is 0. The third kappa shape index (κ3) is 3.81. The Morgan fingerprint density at radius 2 is 2.14 bits per heavy atom. The highest BCUT2D eigenvalue weighted by molar-refractivity contribution is 7.87. The zero-order valence-electron chi connectivity index (χ0n) is 12.8. The van der Waals surface area contributed by atoms with E-state index in [9.17, 15) is 8.42 Å². The lowest BCUT2D eigenvalue weighted by Crippen LogP contribution is -2.44. The summed E-state index contributed by atoms with van der Waals surface area (Å²) in [6, 6.07) is 8.31. The molecule has 2 heterocycles. The fraction of sp³-hybridized carbons (Fsp3) is 0.600. The molecule has 2 unspecified atom stereocenters. The van der Waals surface area contributed by atoms with Gasteiger partial charge in [-0.1, -0.05) is 31.2 Å². The van der Waals surface area contributed by atoms with Crippen molar-refractivity contribution in [1.29, 1.82) is 0 Å². The molecule has 3 rings (SSSR count). The molecular formula is C15H24ClN3O2S. The first-order chi connectivity index (χ1) is 10.1. The van der Waals surface area contributed by atoms with E-state index in [1.165, 1.54) is 11.1 Å². The fourth-order valence-corrected chi connectivity index (χ4v) is 4.52. The highest BCUT2D eigenvalue weighted by Gasteiger charge is 2.30. The lowest BCUT2D eigenvalue weighted by atomic mass is 9.95. The van der Waals surface area contributed by atoms with E-state index in [4.69, 9.17) is 0 Å². The maximum Gasteiger partial charge on any atom is 0.279 e. The Labute approximate surface area is 139 Å². The summed E-state index contributed by atoms with van der Waals surface area (Å²) in [5.74, 6) is 0.454. The lowest BCUT2D eigenvalue weighted by molar-refractivity contribution is 0.439. The van der Waals surface area contributed by atoms with Crippen LogP contribution in [0.5, 0.6) is 0 Å². The highest BCUT2D eigenvalue weighted by atomic mass is 35.5. The van der Waals surface area contributed by atoms with Gasteiger partial charge in [0.25, 0.3) is 10.2 Å². The maximum atomic E-state index is 12.3. The minimum Gasteiger partial charge on any atom is -0.308 e. The van der Waals surface area contributed by atoms with E-state index >= 15 is 0 Å². The molecule has 0 amide bonds. The van der Waals surface area contributed by atoms with Crippen LogP contribution < -0.4 is 10.0 Å². The molecule has 124 valence electrons. The monoisotopic (exact) mass is 345 g/mol. The largest absolute Gasteiger partial charge is 0.308 e. The van der Waals surface area contributed by atoms with Crippen molar-refractivity contribution in [3.05, 3.63) is 35.4 Å². The van der Waals surface area contributed by atoms with E-state index in [1.54, 1.807) is 4.31 Å². The standard InChI is InChI=1S/C15H23N3O2S.ClH/c1-12-7-9-18(11-12)21(19,20)17-10-15-14-5-3-2-4-13(14)6-8-16-15;/h2-5,12,15-17H,6-11H2,1H3;1H. The average Bonchev–Trinajstić information content (AvgIpc) is 2.93. The van der Waals surface area contributed by atoms with Crippen LogP contribution in [-0.2, 0) is 16.6 Å². The Balaban J connectivity index is 0.00000176. The van der Waals surface area contributed by atoms with Gasteiger partial charge in [0.15, 0.2) is 0 Å². The van der Waals surface area contributed by atoms with Gasteiger partial charge >= 0.3 is 0 Å². The number of halogens is 1. The summed E-state index contributed by atoms with van der Waals surface area (Å²) >= 11 is 0. The van der Waals surface area contributed by atoms with Crippen LogP contribution in [0.4, 0.5) is 0 Å². The van der Waals surface area contributed by atoms with E-state index in [1.807, 2.05) is 12.1 Å². The van der Waals surface area contributed by atoms with E-state index in [-0.39, 0.29) is 18.4 Å². The van der Waals surface area contributed by atoms with Crippen molar-refractivity contribution < 1.29 is 8.42 Å². The molecule has 2 N–H and O–H groups in total. The van der Waals surface area contributed by atoms with Gasteiger partial charge < -0.3 is 5.32 Å². The van der Waals surface area contributed by atoms with Gasteiger partial charge in [0.1, 0.15) is 0 Å². The number of benzene rings is 1. The number of hydrogen-bond acceptors (Lipinski definition) is 3. The first-order valence-electron chi connectivity index (χ1n) is 7.62. The lowest BCUT2D eigenvalue weighted by Gasteiger charge is -2.28. The minimum atomic E-state index is -3.35. The zero-order valence-corrected chi connectivity index (χ0v) is 14.4. The molecule has 7 heteroatoms. The third-order valence-electron chi connectivity index (χ3n) is 4.41. The molecule has 1 fully saturated rings. The van der Waals surface area contributed by atoms with Crippen molar-refractivity contribution >= 4 is 22.6 Å². The molecule has 5 nitrogen and oxygen atoms in total. The third-order valence-corrected chi connectivity index (χ3v) is 5.95. The smallest absolute Gasteiger partial charge is 0.279 e. The molecule has 1 aromatic rings. The topological polar surface area (TPSA) is 61.4 Å². The van der Waals surface area contributed by atoms with Crippen molar-refractivity contribution in [3.8, 4) is 0 Å². The Bertz CT molecular complexity index is 609. The SMILES string of the molecule is CC1CCN(S(=O)(=O)NCC2NCCc3ccccc32)C1.Cl. The Kier molecular flexibility index (Phi) is 5.85. The second kappa shape index (κ2) is 7.27. The summed E-state index contributed by atoms with van der Waals surface area (Å²) in [7, 11) is -3.35. The van der Waals surface area contributed by atoms with Gasteiger partial charge in [-0.15, -0.1) is 12.4 Å². The molecule has 0 aliphatic carbocycles.